The number of alkyl halides is 3. The molecule has 1 aliphatic carbocycles. The number of ether oxygens (including phenoxy) is 2. The Labute approximate surface area is 212 Å². The minimum Gasteiger partial charge on any atom is -0.485 e. The zero-order valence-corrected chi connectivity index (χ0v) is 20.1. The predicted molar refractivity (Wildman–Crippen MR) is 135 cm³/mol. The van der Waals surface area contributed by atoms with Crippen molar-refractivity contribution in [2.75, 3.05) is 12.3 Å². The molecule has 4 aromatic rings. The van der Waals surface area contributed by atoms with Crippen molar-refractivity contribution >= 4 is 22.6 Å². The van der Waals surface area contributed by atoms with Crippen LogP contribution < -0.4 is 10.5 Å². The molecule has 0 bridgehead atoms. The minimum atomic E-state index is -4.54. The summed E-state index contributed by atoms with van der Waals surface area (Å²) in [5.74, 6) is -0.0403. The summed E-state index contributed by atoms with van der Waals surface area (Å²) in [6.45, 7) is 1.86. The molecule has 190 valence electrons. The molecule has 0 saturated carbocycles. The summed E-state index contributed by atoms with van der Waals surface area (Å²) in [5.41, 5.74) is 9.50. The van der Waals surface area contributed by atoms with Crippen LogP contribution >= 0.6 is 0 Å². The molecule has 1 aliphatic rings. The van der Waals surface area contributed by atoms with E-state index in [0.717, 1.165) is 51.6 Å². The second-order valence-electron chi connectivity index (χ2n) is 8.96. The number of nitrogens with zero attached hydrogens (tertiary/aromatic N) is 1. The Morgan fingerprint density at radius 2 is 1.92 bits per heavy atom. The molecular weight excluding hydrogens is 481 g/mol. The summed E-state index contributed by atoms with van der Waals surface area (Å²) in [5, 5.41) is 1.81. The van der Waals surface area contributed by atoms with Crippen molar-refractivity contribution in [2.24, 2.45) is 0 Å². The Kier molecular flexibility index (Phi) is 6.50. The first-order valence-electron chi connectivity index (χ1n) is 12.0. The van der Waals surface area contributed by atoms with Crippen molar-refractivity contribution in [3.8, 4) is 16.9 Å². The molecule has 5 rings (SSSR count). The summed E-state index contributed by atoms with van der Waals surface area (Å²) < 4.78 is 51.6. The number of carbonyl (C=O) groups excluding carboxylic acids is 1. The zero-order valence-electron chi connectivity index (χ0n) is 20.1. The number of fused-ring (bicyclic) bond motifs is 2. The van der Waals surface area contributed by atoms with E-state index in [2.05, 4.69) is 4.98 Å². The normalized spacial score (nSPS) is 15.0. The molecule has 3 aromatic carbocycles. The molecule has 1 aromatic heterocycles. The Morgan fingerprint density at radius 3 is 2.70 bits per heavy atom. The average Bonchev–Trinajstić information content (AvgIpc) is 3.26. The Bertz CT molecular complexity index is 1480. The molecular formula is C29H25F3N2O3. The number of hydrogen-bond donors (Lipinski definition) is 1. The van der Waals surface area contributed by atoms with E-state index < -0.39 is 23.8 Å². The van der Waals surface area contributed by atoms with Crippen LogP contribution in [-0.4, -0.2) is 17.6 Å². The second-order valence-corrected chi connectivity index (χ2v) is 8.96. The molecule has 37 heavy (non-hydrogen) atoms. The van der Waals surface area contributed by atoms with Gasteiger partial charge in [0, 0.05) is 17.1 Å². The minimum absolute atomic E-state index is 0.0372. The van der Waals surface area contributed by atoms with Crippen LogP contribution in [0.25, 0.3) is 21.9 Å². The summed E-state index contributed by atoms with van der Waals surface area (Å²) in [6.07, 6.45) is -2.15. The van der Waals surface area contributed by atoms with Crippen LogP contribution in [0.4, 0.5) is 19.0 Å². The zero-order chi connectivity index (χ0) is 26.2. The number of esters is 1. The van der Waals surface area contributed by atoms with Crippen molar-refractivity contribution in [1.29, 1.82) is 0 Å². The molecule has 0 amide bonds. The third-order valence-electron chi connectivity index (χ3n) is 6.62. The van der Waals surface area contributed by atoms with E-state index in [1.54, 1.807) is 13.1 Å². The first-order valence-corrected chi connectivity index (χ1v) is 12.0. The number of benzene rings is 3. The highest BCUT2D eigenvalue weighted by Gasteiger charge is 2.33. The van der Waals surface area contributed by atoms with Crippen LogP contribution in [0.5, 0.6) is 5.75 Å². The number of nitrogens with two attached hydrogens (primary N) is 1. The first-order chi connectivity index (χ1) is 17.7. The van der Waals surface area contributed by atoms with Gasteiger partial charge >= 0.3 is 12.1 Å². The average molecular weight is 507 g/mol. The van der Waals surface area contributed by atoms with E-state index in [4.69, 9.17) is 15.2 Å². The van der Waals surface area contributed by atoms with E-state index >= 15 is 0 Å². The highest BCUT2D eigenvalue weighted by molar-refractivity contribution is 6.01. The molecule has 5 nitrogen and oxygen atoms in total. The number of aromatic nitrogens is 1. The number of halogens is 3. The van der Waals surface area contributed by atoms with Gasteiger partial charge in [-0.2, -0.15) is 13.2 Å². The van der Waals surface area contributed by atoms with Crippen LogP contribution in [0.2, 0.25) is 0 Å². The highest BCUT2D eigenvalue weighted by Crippen LogP contribution is 2.41. The number of hydrogen-bond acceptors (Lipinski definition) is 5. The molecule has 1 heterocycles. The fraction of sp³-hybridized carbons (Fsp3) is 0.241. The van der Waals surface area contributed by atoms with Gasteiger partial charge < -0.3 is 15.2 Å². The van der Waals surface area contributed by atoms with Crippen LogP contribution in [0.15, 0.2) is 66.9 Å². The van der Waals surface area contributed by atoms with Crippen LogP contribution in [0.3, 0.4) is 0 Å². The van der Waals surface area contributed by atoms with Crippen LogP contribution in [0.1, 0.15) is 41.7 Å². The smallest absolute Gasteiger partial charge is 0.416 e. The summed E-state index contributed by atoms with van der Waals surface area (Å²) in [7, 11) is 0. The summed E-state index contributed by atoms with van der Waals surface area (Å²) in [6, 6.07) is 17.0. The molecule has 0 saturated heterocycles. The number of nitrogen functional groups attached to an aromatic ring is 1. The van der Waals surface area contributed by atoms with Gasteiger partial charge in [0.25, 0.3) is 0 Å². The Balaban J connectivity index is 1.51. The number of carbonyl (C=O) groups is 1. The van der Waals surface area contributed by atoms with E-state index in [1.165, 1.54) is 6.07 Å². The van der Waals surface area contributed by atoms with E-state index in [1.807, 2.05) is 42.5 Å². The maximum absolute atomic E-state index is 13.5. The van der Waals surface area contributed by atoms with Crippen molar-refractivity contribution in [3.63, 3.8) is 0 Å². The molecule has 1 atom stereocenters. The van der Waals surface area contributed by atoms with Gasteiger partial charge in [0.15, 0.2) is 0 Å². The number of rotatable bonds is 6. The molecule has 8 heteroatoms. The lowest BCUT2D eigenvalue weighted by atomic mass is 9.96. The number of aryl methyl sites for hydroxylation is 1. The summed E-state index contributed by atoms with van der Waals surface area (Å²) >= 11 is 0. The largest absolute Gasteiger partial charge is 0.485 e. The third kappa shape index (κ3) is 4.96. The van der Waals surface area contributed by atoms with Gasteiger partial charge in [0.1, 0.15) is 17.7 Å². The topological polar surface area (TPSA) is 74.4 Å². The first kappa shape index (κ1) is 24.6. The third-order valence-corrected chi connectivity index (χ3v) is 6.62. The van der Waals surface area contributed by atoms with Gasteiger partial charge in [0.05, 0.1) is 18.6 Å². The quantitative estimate of drug-likeness (QED) is 0.296. The van der Waals surface area contributed by atoms with Crippen molar-refractivity contribution in [2.45, 2.75) is 38.5 Å². The van der Waals surface area contributed by atoms with Gasteiger partial charge in [-0.15, -0.1) is 0 Å². The molecule has 0 radical (unpaired) electrons. The van der Waals surface area contributed by atoms with Crippen molar-refractivity contribution in [3.05, 3.63) is 89.1 Å². The highest BCUT2D eigenvalue weighted by atomic mass is 19.4. The molecule has 0 fully saturated rings. The second kappa shape index (κ2) is 9.76. The lowest BCUT2D eigenvalue weighted by Gasteiger charge is -2.20. The van der Waals surface area contributed by atoms with Gasteiger partial charge in [-0.05, 0) is 71.7 Å². The van der Waals surface area contributed by atoms with Crippen LogP contribution in [0, 0.1) is 0 Å². The summed E-state index contributed by atoms with van der Waals surface area (Å²) in [4.78, 5) is 16.3. The lowest BCUT2D eigenvalue weighted by Crippen LogP contribution is -2.13. The van der Waals surface area contributed by atoms with Gasteiger partial charge in [-0.25, -0.2) is 4.98 Å². The van der Waals surface area contributed by atoms with E-state index in [0.29, 0.717) is 17.8 Å². The molecule has 2 N–H and O–H groups in total. The number of pyridine rings is 1. The fourth-order valence-corrected chi connectivity index (χ4v) is 4.84. The van der Waals surface area contributed by atoms with Gasteiger partial charge in [0.2, 0.25) is 0 Å². The van der Waals surface area contributed by atoms with E-state index in [-0.39, 0.29) is 18.8 Å². The van der Waals surface area contributed by atoms with Gasteiger partial charge in [-0.3, -0.25) is 4.79 Å². The molecule has 0 unspecified atom stereocenters. The predicted octanol–water partition coefficient (Wildman–Crippen LogP) is 6.67. The maximum Gasteiger partial charge on any atom is 0.416 e. The monoisotopic (exact) mass is 506 g/mol. The SMILES string of the molecule is CCOC(=O)Cc1ccc(C(F)(F)F)cc1O[C@@H]1CCc2ccc(-c3cccc4c(N)nccc34)cc21. The van der Waals surface area contributed by atoms with Crippen molar-refractivity contribution < 1.29 is 27.4 Å². The Morgan fingerprint density at radius 1 is 1.08 bits per heavy atom. The Hall–Kier alpha value is -4.07. The number of anilines is 1. The fourth-order valence-electron chi connectivity index (χ4n) is 4.84. The van der Waals surface area contributed by atoms with Crippen molar-refractivity contribution in [1.82, 2.24) is 4.98 Å². The van der Waals surface area contributed by atoms with E-state index in [9.17, 15) is 18.0 Å². The molecule has 0 aliphatic heterocycles. The maximum atomic E-state index is 13.5. The molecule has 0 spiro atoms. The lowest BCUT2D eigenvalue weighted by molar-refractivity contribution is -0.142. The van der Waals surface area contributed by atoms with Gasteiger partial charge in [-0.1, -0.05) is 36.4 Å². The van der Waals surface area contributed by atoms with Crippen LogP contribution in [-0.2, 0) is 28.5 Å². The standard InChI is InChI=1S/C29H25F3N2O3/c1-2-36-27(35)15-19-8-10-20(29(30,31)32)16-26(19)37-25-11-9-17-6-7-18(14-24(17)25)21-4-3-5-23-22(21)12-13-34-28(23)33/h3-8,10,12-14,16,25H,2,9,11,15H2,1H3,(H2,33,34)/t25-/m1/s1.